The lowest BCUT2D eigenvalue weighted by molar-refractivity contribution is -0.122. The van der Waals surface area contributed by atoms with E-state index in [1.54, 1.807) is 57.7 Å². The van der Waals surface area contributed by atoms with Crippen LogP contribution in [0.5, 0.6) is 23.0 Å². The van der Waals surface area contributed by atoms with Crippen LogP contribution in [0.25, 0.3) is 0 Å². The highest BCUT2D eigenvalue weighted by Gasteiger charge is 2.22. The molecular formula is C28H32N2O6. The van der Waals surface area contributed by atoms with Gasteiger partial charge in [-0.1, -0.05) is 37.3 Å². The molecule has 0 radical (unpaired) electrons. The third kappa shape index (κ3) is 6.69. The van der Waals surface area contributed by atoms with Crippen LogP contribution in [0.1, 0.15) is 29.3 Å². The monoisotopic (exact) mass is 492 g/mol. The van der Waals surface area contributed by atoms with Gasteiger partial charge in [0.1, 0.15) is 0 Å². The Kier molecular flexibility index (Phi) is 9.56. The summed E-state index contributed by atoms with van der Waals surface area (Å²) in [5.74, 6) is 1.66. The van der Waals surface area contributed by atoms with Crippen LogP contribution >= 0.6 is 0 Å². The van der Waals surface area contributed by atoms with Gasteiger partial charge in [0.15, 0.2) is 29.1 Å². The van der Waals surface area contributed by atoms with Crippen molar-refractivity contribution in [2.45, 2.75) is 25.9 Å². The van der Waals surface area contributed by atoms with Crippen LogP contribution in [0.15, 0.2) is 66.7 Å². The number of nitrogens with one attached hydrogen (secondary N) is 2. The zero-order valence-corrected chi connectivity index (χ0v) is 21.0. The number of carbonyl (C=O) groups is 2. The van der Waals surface area contributed by atoms with Gasteiger partial charge in [-0.05, 0) is 54.8 Å². The number of anilines is 1. The largest absolute Gasteiger partial charge is 0.493 e. The Balaban J connectivity index is 1.64. The zero-order chi connectivity index (χ0) is 25.9. The molecule has 1 atom stereocenters. The summed E-state index contributed by atoms with van der Waals surface area (Å²) in [5.41, 5.74) is 1.77. The van der Waals surface area contributed by atoms with Crippen molar-refractivity contribution in [1.29, 1.82) is 0 Å². The summed E-state index contributed by atoms with van der Waals surface area (Å²) in [6.45, 7) is 2.26. The molecule has 2 amide bonds. The summed E-state index contributed by atoms with van der Waals surface area (Å²) in [5, 5.41) is 5.76. The lowest BCUT2D eigenvalue weighted by Crippen LogP contribution is -2.34. The molecule has 0 aromatic heterocycles. The summed E-state index contributed by atoms with van der Waals surface area (Å²) >= 11 is 0. The number of amides is 2. The molecular weight excluding hydrogens is 460 g/mol. The quantitative estimate of drug-likeness (QED) is 0.387. The predicted octanol–water partition coefficient (Wildman–Crippen LogP) is 4.48. The minimum absolute atomic E-state index is 0.287. The second kappa shape index (κ2) is 13.0. The van der Waals surface area contributed by atoms with Crippen molar-refractivity contribution in [3.63, 3.8) is 0 Å². The van der Waals surface area contributed by atoms with Crippen molar-refractivity contribution in [2.75, 3.05) is 33.2 Å². The minimum atomic E-state index is -0.762. The Morgan fingerprint density at radius 2 is 1.44 bits per heavy atom. The fourth-order valence-corrected chi connectivity index (χ4v) is 3.65. The van der Waals surface area contributed by atoms with Gasteiger partial charge in [0.25, 0.3) is 11.8 Å². The zero-order valence-electron chi connectivity index (χ0n) is 21.0. The fraction of sp³-hybridized carbons (Fsp3) is 0.286. The molecule has 0 heterocycles. The van der Waals surface area contributed by atoms with E-state index in [9.17, 15) is 9.59 Å². The maximum atomic E-state index is 13.0. The summed E-state index contributed by atoms with van der Waals surface area (Å²) in [6, 6.07) is 19.7. The first kappa shape index (κ1) is 26.4. The van der Waals surface area contributed by atoms with E-state index in [1.165, 1.54) is 0 Å². The normalized spacial score (nSPS) is 11.2. The highest BCUT2D eigenvalue weighted by Crippen LogP contribution is 2.29. The Hall–Kier alpha value is -4.20. The minimum Gasteiger partial charge on any atom is -0.493 e. The van der Waals surface area contributed by atoms with Crippen molar-refractivity contribution in [3.8, 4) is 23.0 Å². The molecule has 0 unspecified atom stereocenters. The lowest BCUT2D eigenvalue weighted by Gasteiger charge is -2.19. The van der Waals surface area contributed by atoms with E-state index >= 15 is 0 Å². The standard InChI is InChI=1S/C28H32N2O6/c1-5-22(36-25-13-9-8-12-23(25)33-2)28(32)30-21-11-7-6-10-20(21)27(31)29-17-16-19-14-15-24(34-3)26(18-19)35-4/h6-15,18,22H,5,16-17H2,1-4H3,(H,29,31)(H,30,32)/t22-/m1/s1. The molecule has 3 aromatic rings. The molecule has 0 bridgehead atoms. The molecule has 0 aliphatic rings. The van der Waals surface area contributed by atoms with Crippen LogP contribution in [0.4, 0.5) is 5.69 Å². The number of rotatable bonds is 12. The Morgan fingerprint density at radius 1 is 0.806 bits per heavy atom. The SMILES string of the molecule is CC[C@@H](Oc1ccccc1OC)C(=O)Nc1ccccc1C(=O)NCCc1ccc(OC)c(OC)c1. The van der Waals surface area contributed by atoms with Crippen molar-refractivity contribution < 1.29 is 28.5 Å². The van der Waals surface area contributed by atoms with Crippen LogP contribution in [-0.4, -0.2) is 45.8 Å². The fourth-order valence-electron chi connectivity index (χ4n) is 3.65. The van der Waals surface area contributed by atoms with E-state index < -0.39 is 6.10 Å². The second-order valence-corrected chi connectivity index (χ2v) is 7.90. The van der Waals surface area contributed by atoms with Gasteiger partial charge in [-0.3, -0.25) is 9.59 Å². The Labute approximate surface area is 211 Å². The first-order valence-electron chi connectivity index (χ1n) is 11.7. The Morgan fingerprint density at radius 3 is 2.14 bits per heavy atom. The predicted molar refractivity (Wildman–Crippen MR) is 138 cm³/mol. The van der Waals surface area contributed by atoms with Gasteiger partial charge >= 0.3 is 0 Å². The van der Waals surface area contributed by atoms with E-state index in [0.29, 0.717) is 53.6 Å². The van der Waals surface area contributed by atoms with E-state index in [0.717, 1.165) is 5.56 Å². The molecule has 0 aliphatic carbocycles. The van der Waals surface area contributed by atoms with E-state index in [2.05, 4.69) is 10.6 Å². The maximum Gasteiger partial charge on any atom is 0.265 e. The summed E-state index contributed by atoms with van der Waals surface area (Å²) in [4.78, 5) is 25.9. The number of ether oxygens (including phenoxy) is 4. The van der Waals surface area contributed by atoms with Crippen LogP contribution in [0, 0.1) is 0 Å². The van der Waals surface area contributed by atoms with Gasteiger partial charge in [0.05, 0.1) is 32.6 Å². The first-order chi connectivity index (χ1) is 17.5. The molecule has 190 valence electrons. The molecule has 3 rings (SSSR count). The number of hydrogen-bond acceptors (Lipinski definition) is 6. The number of methoxy groups -OCH3 is 3. The molecule has 0 aliphatic heterocycles. The van der Waals surface area contributed by atoms with Crippen molar-refractivity contribution in [2.24, 2.45) is 0 Å². The van der Waals surface area contributed by atoms with Crippen LogP contribution in [0.2, 0.25) is 0 Å². The molecule has 2 N–H and O–H groups in total. The third-order valence-electron chi connectivity index (χ3n) is 5.58. The average molecular weight is 493 g/mol. The first-order valence-corrected chi connectivity index (χ1v) is 11.7. The van der Waals surface area contributed by atoms with Gasteiger partial charge in [0, 0.05) is 6.54 Å². The van der Waals surface area contributed by atoms with E-state index in [1.807, 2.05) is 37.3 Å². The van der Waals surface area contributed by atoms with Crippen LogP contribution in [-0.2, 0) is 11.2 Å². The maximum absolute atomic E-state index is 13.0. The van der Waals surface area contributed by atoms with Crippen LogP contribution in [0.3, 0.4) is 0 Å². The molecule has 0 saturated heterocycles. The highest BCUT2D eigenvalue weighted by atomic mass is 16.5. The third-order valence-corrected chi connectivity index (χ3v) is 5.58. The summed E-state index contributed by atoms with van der Waals surface area (Å²) in [7, 11) is 4.71. The van der Waals surface area contributed by atoms with Gasteiger partial charge in [0.2, 0.25) is 0 Å². The number of hydrogen-bond donors (Lipinski definition) is 2. The molecule has 0 saturated carbocycles. The molecule has 36 heavy (non-hydrogen) atoms. The summed E-state index contributed by atoms with van der Waals surface area (Å²) < 4.78 is 21.8. The van der Waals surface area contributed by atoms with Gasteiger partial charge < -0.3 is 29.6 Å². The van der Waals surface area contributed by atoms with Gasteiger partial charge in [-0.15, -0.1) is 0 Å². The van der Waals surface area contributed by atoms with Crippen molar-refractivity contribution >= 4 is 17.5 Å². The van der Waals surface area contributed by atoms with Crippen LogP contribution < -0.4 is 29.6 Å². The number of para-hydroxylation sites is 3. The molecule has 0 fully saturated rings. The van der Waals surface area contributed by atoms with Gasteiger partial charge in [-0.25, -0.2) is 0 Å². The summed E-state index contributed by atoms with van der Waals surface area (Å²) in [6.07, 6.45) is 0.275. The smallest absolute Gasteiger partial charge is 0.265 e. The van der Waals surface area contributed by atoms with Gasteiger partial charge in [-0.2, -0.15) is 0 Å². The molecule has 3 aromatic carbocycles. The topological polar surface area (TPSA) is 95.1 Å². The molecule has 8 nitrogen and oxygen atoms in total. The number of carbonyl (C=O) groups excluding carboxylic acids is 2. The lowest BCUT2D eigenvalue weighted by atomic mass is 10.1. The average Bonchev–Trinajstić information content (AvgIpc) is 2.91. The second-order valence-electron chi connectivity index (χ2n) is 7.90. The molecule has 8 heteroatoms. The van der Waals surface area contributed by atoms with E-state index in [-0.39, 0.29) is 11.8 Å². The number of benzene rings is 3. The van der Waals surface area contributed by atoms with Crippen molar-refractivity contribution in [3.05, 3.63) is 77.9 Å². The molecule has 0 spiro atoms. The highest BCUT2D eigenvalue weighted by molar-refractivity contribution is 6.04. The van der Waals surface area contributed by atoms with Crippen molar-refractivity contribution in [1.82, 2.24) is 5.32 Å². The Bertz CT molecular complexity index is 1180. The van der Waals surface area contributed by atoms with E-state index in [4.69, 9.17) is 18.9 Å².